The van der Waals surface area contributed by atoms with E-state index in [1.54, 1.807) is 4.57 Å². The van der Waals surface area contributed by atoms with E-state index in [0.717, 1.165) is 56.2 Å². The Bertz CT molecular complexity index is 1370. The number of halogens is 1. The Morgan fingerprint density at radius 2 is 1.45 bits per heavy atom. The van der Waals surface area contributed by atoms with Crippen molar-refractivity contribution in [2.45, 2.75) is 94.3 Å². The highest BCUT2D eigenvalue weighted by atomic mass is 32.2. The number of benzene rings is 1. The largest absolute Gasteiger partial charge is 0.333 e. The molecule has 0 atom stereocenters. The van der Waals surface area contributed by atoms with Crippen LogP contribution in [0.25, 0.3) is 11.0 Å². The van der Waals surface area contributed by atoms with E-state index < -0.39 is 11.4 Å². The third-order valence-electron chi connectivity index (χ3n) is 9.01. The van der Waals surface area contributed by atoms with Gasteiger partial charge in [-0.25, -0.2) is 14.2 Å². The molecule has 3 heterocycles. The van der Waals surface area contributed by atoms with Gasteiger partial charge in [-0.1, -0.05) is 30.3 Å². The van der Waals surface area contributed by atoms with Crippen molar-refractivity contribution in [1.82, 2.24) is 19.4 Å². The van der Waals surface area contributed by atoms with Gasteiger partial charge in [-0.15, -0.1) is 0 Å². The summed E-state index contributed by atoms with van der Waals surface area (Å²) in [6, 6.07) is 12.9. The first-order chi connectivity index (χ1) is 18.6. The van der Waals surface area contributed by atoms with E-state index in [1.165, 1.54) is 41.9 Å². The average molecular weight is 537 g/mol. The van der Waals surface area contributed by atoms with E-state index in [4.69, 9.17) is 0 Å². The van der Waals surface area contributed by atoms with Gasteiger partial charge in [0.25, 0.3) is 5.56 Å². The second-order valence-electron chi connectivity index (χ2n) is 11.3. The summed E-state index contributed by atoms with van der Waals surface area (Å²) in [5, 5.41) is 4.12. The molecule has 0 radical (unpaired) electrons. The van der Waals surface area contributed by atoms with E-state index in [2.05, 4.69) is 40.6 Å². The van der Waals surface area contributed by atoms with Crippen molar-refractivity contribution in [2.24, 2.45) is 0 Å². The number of aromatic nitrogens is 3. The van der Waals surface area contributed by atoms with Crippen LogP contribution in [-0.4, -0.2) is 37.7 Å². The zero-order valence-electron chi connectivity index (χ0n) is 21.9. The van der Waals surface area contributed by atoms with Crippen LogP contribution in [0.5, 0.6) is 0 Å². The van der Waals surface area contributed by atoms with Crippen LogP contribution in [-0.2, 0) is 0 Å². The molecular formula is C30H37FN4O2S. The van der Waals surface area contributed by atoms with Crippen LogP contribution >= 0.6 is 11.8 Å². The molecule has 2 aliphatic carbocycles. The molecule has 0 amide bonds. The predicted octanol–water partition coefficient (Wildman–Crippen LogP) is 5.57. The lowest BCUT2D eigenvalue weighted by Gasteiger charge is -2.36. The molecule has 6 nitrogen and oxygen atoms in total. The number of hydrogen-bond acceptors (Lipinski definition) is 5. The highest BCUT2D eigenvalue weighted by Crippen LogP contribution is 2.35. The van der Waals surface area contributed by atoms with Gasteiger partial charge < -0.3 is 5.32 Å². The zero-order chi connectivity index (χ0) is 26.1. The van der Waals surface area contributed by atoms with Crippen molar-refractivity contribution in [3.63, 3.8) is 0 Å². The Hall–Kier alpha value is -2.45. The number of thioether (sulfide) groups is 1. The summed E-state index contributed by atoms with van der Waals surface area (Å²) in [4.78, 5) is 31.5. The molecule has 202 valence electrons. The van der Waals surface area contributed by atoms with Crippen molar-refractivity contribution < 1.29 is 4.39 Å². The number of hydrogen-bond donors (Lipinski definition) is 1. The first kappa shape index (κ1) is 25.8. The lowest BCUT2D eigenvalue weighted by molar-refractivity contribution is 0.238. The van der Waals surface area contributed by atoms with Gasteiger partial charge in [-0.05, 0) is 93.3 Å². The minimum Gasteiger partial charge on any atom is -0.311 e. The molecule has 2 saturated carbocycles. The summed E-state index contributed by atoms with van der Waals surface area (Å²) < 4.78 is 17.3. The monoisotopic (exact) mass is 536 g/mol. The minimum absolute atomic E-state index is 0.0000745. The van der Waals surface area contributed by atoms with Crippen LogP contribution in [0.15, 0.2) is 52.2 Å². The molecule has 0 spiro atoms. The lowest BCUT2D eigenvalue weighted by Crippen LogP contribution is -2.47. The molecule has 0 bridgehead atoms. The van der Waals surface area contributed by atoms with Crippen LogP contribution in [0.3, 0.4) is 0 Å². The minimum atomic E-state index is -0.541. The maximum atomic E-state index is 14.1. The summed E-state index contributed by atoms with van der Waals surface area (Å²) >= 11 is 1.88. The van der Waals surface area contributed by atoms with Gasteiger partial charge in [0.05, 0.1) is 11.6 Å². The Kier molecular flexibility index (Phi) is 7.70. The molecule has 38 heavy (non-hydrogen) atoms. The van der Waals surface area contributed by atoms with Gasteiger partial charge in [0.1, 0.15) is 11.5 Å². The molecule has 1 aromatic carbocycles. The fourth-order valence-corrected chi connectivity index (χ4v) is 8.03. The van der Waals surface area contributed by atoms with Crippen LogP contribution in [0, 0.1) is 5.82 Å². The number of rotatable bonds is 5. The summed E-state index contributed by atoms with van der Waals surface area (Å²) in [5.74, 6) is 2.07. The molecule has 0 unspecified atom stereocenters. The first-order valence-corrected chi connectivity index (χ1v) is 15.4. The summed E-state index contributed by atoms with van der Waals surface area (Å²) in [7, 11) is 0. The number of nitrogens with zero attached hydrogens (tertiary/aromatic N) is 3. The molecule has 3 fully saturated rings. The first-order valence-electron chi connectivity index (χ1n) is 14.3. The molecule has 3 aromatic rings. The lowest BCUT2D eigenvalue weighted by atomic mass is 9.81. The second-order valence-corrected chi connectivity index (χ2v) is 12.6. The highest BCUT2D eigenvalue weighted by Gasteiger charge is 2.31. The van der Waals surface area contributed by atoms with Gasteiger partial charge in [-0.3, -0.25) is 13.9 Å². The Labute approximate surface area is 227 Å². The molecule has 1 aliphatic heterocycles. The summed E-state index contributed by atoms with van der Waals surface area (Å²) in [5.41, 5.74) is 1.12. The second kappa shape index (κ2) is 11.3. The van der Waals surface area contributed by atoms with E-state index in [9.17, 15) is 14.0 Å². The highest BCUT2D eigenvalue weighted by molar-refractivity contribution is 7.99. The van der Waals surface area contributed by atoms with Crippen molar-refractivity contribution >= 4 is 22.8 Å². The molecule has 2 aromatic heterocycles. The standard InChI is InChI=1S/C30H37FN4O2S/c31-22-18-27-28(32-19-22)34(26-14-16-38-17-15-26)30(37)35(29(27)36)25-12-10-24(11-13-25)33-23-8-6-21(7-9-23)20-4-2-1-3-5-20/h1-5,18-19,21,23-26,33H,6-17H2. The molecule has 6 rings (SSSR count). The fraction of sp³-hybridized carbons (Fsp3) is 0.567. The van der Waals surface area contributed by atoms with Crippen LogP contribution in [0.2, 0.25) is 0 Å². The molecule has 1 saturated heterocycles. The van der Waals surface area contributed by atoms with Crippen LogP contribution in [0.1, 0.15) is 87.8 Å². The zero-order valence-corrected chi connectivity index (χ0v) is 22.7. The number of fused-ring (bicyclic) bond motifs is 1. The molecule has 8 heteroatoms. The predicted molar refractivity (Wildman–Crippen MR) is 152 cm³/mol. The molecule has 1 N–H and O–H groups in total. The maximum absolute atomic E-state index is 14.1. The molecular weight excluding hydrogens is 499 g/mol. The SMILES string of the molecule is O=c1c2cc(F)cnc2n(C2CCSCC2)c(=O)n1C1CCC(NC2CCC(c3ccccc3)CC2)CC1. The third kappa shape index (κ3) is 5.22. The van der Waals surface area contributed by atoms with E-state index in [-0.39, 0.29) is 23.2 Å². The van der Waals surface area contributed by atoms with E-state index in [1.807, 2.05) is 11.8 Å². The van der Waals surface area contributed by atoms with Crippen LogP contribution < -0.4 is 16.6 Å². The topological polar surface area (TPSA) is 68.9 Å². The fourth-order valence-electron chi connectivity index (χ4n) is 6.95. The van der Waals surface area contributed by atoms with Gasteiger partial charge >= 0.3 is 5.69 Å². The number of nitrogens with one attached hydrogen (secondary N) is 1. The van der Waals surface area contributed by atoms with Crippen LogP contribution in [0.4, 0.5) is 4.39 Å². The third-order valence-corrected chi connectivity index (χ3v) is 10.1. The van der Waals surface area contributed by atoms with Gasteiger partial charge in [0.15, 0.2) is 0 Å². The van der Waals surface area contributed by atoms with Gasteiger partial charge in [0, 0.05) is 24.2 Å². The Morgan fingerprint density at radius 3 is 2.13 bits per heavy atom. The smallest absolute Gasteiger partial charge is 0.311 e. The summed E-state index contributed by atoms with van der Waals surface area (Å²) in [6.45, 7) is 0. The average Bonchev–Trinajstić information content (AvgIpc) is 2.96. The molecule has 3 aliphatic rings. The van der Waals surface area contributed by atoms with Crippen molar-refractivity contribution in [1.29, 1.82) is 0 Å². The Morgan fingerprint density at radius 1 is 0.816 bits per heavy atom. The van der Waals surface area contributed by atoms with E-state index in [0.29, 0.717) is 23.6 Å². The summed E-state index contributed by atoms with van der Waals surface area (Å²) in [6.07, 6.45) is 11.1. The van der Waals surface area contributed by atoms with Crippen molar-refractivity contribution in [2.75, 3.05) is 11.5 Å². The van der Waals surface area contributed by atoms with E-state index >= 15 is 0 Å². The van der Waals surface area contributed by atoms with Crippen molar-refractivity contribution in [3.8, 4) is 0 Å². The van der Waals surface area contributed by atoms with Gasteiger partial charge in [0.2, 0.25) is 0 Å². The number of pyridine rings is 1. The normalized spacial score (nSPS) is 27.0. The maximum Gasteiger partial charge on any atom is 0.333 e. The Balaban J connectivity index is 1.16. The van der Waals surface area contributed by atoms with Gasteiger partial charge in [-0.2, -0.15) is 11.8 Å². The quantitative estimate of drug-likeness (QED) is 0.462. The van der Waals surface area contributed by atoms with Crippen molar-refractivity contribution in [3.05, 3.63) is 74.8 Å².